The summed E-state index contributed by atoms with van der Waals surface area (Å²) in [4.78, 5) is 12.1. The first kappa shape index (κ1) is 17.5. The van der Waals surface area contributed by atoms with E-state index < -0.39 is 6.10 Å². The highest BCUT2D eigenvalue weighted by Gasteiger charge is 2.16. The Labute approximate surface area is 126 Å². The molecule has 0 heterocycles. The molecule has 1 aromatic carbocycles. The molecule has 0 aliphatic heterocycles. The molecule has 118 valence electrons. The van der Waals surface area contributed by atoms with Crippen LogP contribution in [0.1, 0.15) is 31.1 Å². The molecule has 1 rings (SSSR count). The number of benzene rings is 1. The minimum absolute atomic E-state index is 0.333. The van der Waals surface area contributed by atoms with Gasteiger partial charge in [-0.25, -0.2) is 4.79 Å². The average molecular weight is 296 g/mol. The van der Waals surface area contributed by atoms with Crippen molar-refractivity contribution in [3.05, 3.63) is 29.8 Å². The Hall–Kier alpha value is -1.59. The molecule has 0 radical (unpaired) electrons. The van der Waals surface area contributed by atoms with E-state index in [0.29, 0.717) is 38.6 Å². The zero-order valence-electron chi connectivity index (χ0n) is 13.0. The third kappa shape index (κ3) is 6.60. The van der Waals surface area contributed by atoms with Crippen LogP contribution in [0.4, 0.5) is 0 Å². The maximum atomic E-state index is 12.1. The Balaban J connectivity index is 2.58. The van der Waals surface area contributed by atoms with Crippen LogP contribution in [-0.2, 0) is 14.2 Å². The number of carbonyl (C=O) groups excluding carboxylic acids is 1. The van der Waals surface area contributed by atoms with E-state index >= 15 is 0 Å². The first-order valence-corrected chi connectivity index (χ1v) is 7.30. The van der Waals surface area contributed by atoms with Crippen LogP contribution in [0, 0.1) is 0 Å². The van der Waals surface area contributed by atoms with Crippen molar-refractivity contribution in [1.82, 2.24) is 0 Å². The molecule has 0 saturated heterocycles. The summed E-state index contributed by atoms with van der Waals surface area (Å²) < 4.78 is 21.4. The van der Waals surface area contributed by atoms with Crippen molar-refractivity contribution < 1.29 is 23.7 Å². The third-order valence-corrected chi connectivity index (χ3v) is 2.69. The Bertz CT molecular complexity index is 394. The van der Waals surface area contributed by atoms with Crippen molar-refractivity contribution in [3.8, 4) is 5.75 Å². The molecule has 0 aromatic heterocycles. The largest absolute Gasteiger partial charge is 0.494 e. The van der Waals surface area contributed by atoms with E-state index in [1.54, 1.807) is 24.3 Å². The standard InChI is InChI=1S/C16H24O5/c1-4-18-11-15(12-19-5-2)21-16(17)13-7-9-14(10-8-13)20-6-3/h7-10,15H,4-6,11-12H2,1-3H3. The van der Waals surface area contributed by atoms with Crippen LogP contribution >= 0.6 is 0 Å². The maximum absolute atomic E-state index is 12.1. The fourth-order valence-corrected chi connectivity index (χ4v) is 1.69. The van der Waals surface area contributed by atoms with Gasteiger partial charge in [-0.15, -0.1) is 0 Å². The summed E-state index contributed by atoms with van der Waals surface area (Å²) >= 11 is 0. The van der Waals surface area contributed by atoms with Crippen LogP contribution in [-0.4, -0.2) is 45.1 Å². The molecule has 0 fully saturated rings. The summed E-state index contributed by atoms with van der Waals surface area (Å²) in [5.74, 6) is 0.344. The van der Waals surface area contributed by atoms with Crippen LogP contribution in [0.2, 0.25) is 0 Å². The highest BCUT2D eigenvalue weighted by molar-refractivity contribution is 5.89. The Morgan fingerprint density at radius 3 is 2.00 bits per heavy atom. The highest BCUT2D eigenvalue weighted by atomic mass is 16.6. The lowest BCUT2D eigenvalue weighted by Gasteiger charge is -2.17. The molecule has 0 spiro atoms. The van der Waals surface area contributed by atoms with Gasteiger partial charge in [0.25, 0.3) is 0 Å². The molecular formula is C16H24O5. The second-order valence-electron chi connectivity index (χ2n) is 4.30. The summed E-state index contributed by atoms with van der Waals surface area (Å²) in [5.41, 5.74) is 0.483. The number of esters is 1. The van der Waals surface area contributed by atoms with Gasteiger partial charge in [0.1, 0.15) is 11.9 Å². The van der Waals surface area contributed by atoms with E-state index in [1.165, 1.54) is 0 Å². The van der Waals surface area contributed by atoms with Gasteiger partial charge in [0.2, 0.25) is 0 Å². The summed E-state index contributed by atoms with van der Waals surface area (Å²) in [6, 6.07) is 6.87. The number of ether oxygens (including phenoxy) is 4. The van der Waals surface area contributed by atoms with Gasteiger partial charge >= 0.3 is 5.97 Å². The molecule has 21 heavy (non-hydrogen) atoms. The second kappa shape index (κ2) is 10.2. The molecular weight excluding hydrogens is 272 g/mol. The van der Waals surface area contributed by atoms with Crippen molar-refractivity contribution in [3.63, 3.8) is 0 Å². The van der Waals surface area contributed by atoms with Crippen LogP contribution in [0.5, 0.6) is 5.75 Å². The maximum Gasteiger partial charge on any atom is 0.338 e. The quantitative estimate of drug-likeness (QED) is 0.621. The van der Waals surface area contributed by atoms with Crippen molar-refractivity contribution in [2.24, 2.45) is 0 Å². The lowest BCUT2D eigenvalue weighted by Crippen LogP contribution is -2.28. The SMILES string of the molecule is CCOCC(COCC)OC(=O)c1ccc(OCC)cc1. The van der Waals surface area contributed by atoms with Crippen LogP contribution < -0.4 is 4.74 Å². The Morgan fingerprint density at radius 1 is 0.952 bits per heavy atom. The Morgan fingerprint density at radius 2 is 1.52 bits per heavy atom. The van der Waals surface area contributed by atoms with Gasteiger partial charge in [-0.2, -0.15) is 0 Å². The minimum Gasteiger partial charge on any atom is -0.494 e. The molecule has 5 heteroatoms. The normalized spacial score (nSPS) is 10.7. The van der Waals surface area contributed by atoms with Crippen molar-refractivity contribution in [2.45, 2.75) is 26.9 Å². The summed E-state index contributed by atoms with van der Waals surface area (Å²) in [7, 11) is 0. The van der Waals surface area contributed by atoms with Crippen LogP contribution in [0.15, 0.2) is 24.3 Å². The fraction of sp³-hybridized carbons (Fsp3) is 0.562. The summed E-state index contributed by atoms with van der Waals surface area (Å²) in [5, 5.41) is 0. The smallest absolute Gasteiger partial charge is 0.338 e. The molecule has 0 amide bonds. The third-order valence-electron chi connectivity index (χ3n) is 2.69. The molecule has 0 unspecified atom stereocenters. The van der Waals surface area contributed by atoms with Gasteiger partial charge in [-0.1, -0.05) is 0 Å². The first-order valence-electron chi connectivity index (χ1n) is 7.30. The van der Waals surface area contributed by atoms with Crippen LogP contribution in [0.3, 0.4) is 0 Å². The Kier molecular flexibility index (Phi) is 8.47. The van der Waals surface area contributed by atoms with Gasteiger partial charge in [0.15, 0.2) is 0 Å². The molecule has 0 atom stereocenters. The predicted molar refractivity (Wildman–Crippen MR) is 79.8 cm³/mol. The highest BCUT2D eigenvalue weighted by Crippen LogP contribution is 2.13. The monoisotopic (exact) mass is 296 g/mol. The van der Waals surface area contributed by atoms with Gasteiger partial charge in [0, 0.05) is 13.2 Å². The lowest BCUT2D eigenvalue weighted by atomic mass is 10.2. The zero-order valence-corrected chi connectivity index (χ0v) is 13.0. The van der Waals surface area contributed by atoms with Crippen molar-refractivity contribution in [2.75, 3.05) is 33.0 Å². The lowest BCUT2D eigenvalue weighted by molar-refractivity contribution is -0.0363. The van der Waals surface area contributed by atoms with E-state index in [1.807, 2.05) is 20.8 Å². The number of hydrogen-bond donors (Lipinski definition) is 0. The van der Waals surface area contributed by atoms with E-state index in [4.69, 9.17) is 18.9 Å². The van der Waals surface area contributed by atoms with Gasteiger partial charge in [-0.05, 0) is 45.0 Å². The molecule has 0 N–H and O–H groups in total. The van der Waals surface area contributed by atoms with E-state index in [-0.39, 0.29) is 5.97 Å². The van der Waals surface area contributed by atoms with E-state index in [9.17, 15) is 4.79 Å². The second-order valence-corrected chi connectivity index (χ2v) is 4.30. The van der Waals surface area contributed by atoms with Gasteiger partial charge < -0.3 is 18.9 Å². The fourth-order valence-electron chi connectivity index (χ4n) is 1.69. The summed E-state index contributed by atoms with van der Waals surface area (Å²) in [6.45, 7) is 8.10. The summed E-state index contributed by atoms with van der Waals surface area (Å²) in [6.07, 6.45) is -0.399. The molecule has 0 aliphatic carbocycles. The minimum atomic E-state index is -0.399. The molecule has 1 aromatic rings. The van der Waals surface area contributed by atoms with Gasteiger partial charge in [-0.3, -0.25) is 0 Å². The topological polar surface area (TPSA) is 54.0 Å². The molecule has 5 nitrogen and oxygen atoms in total. The molecule has 0 bridgehead atoms. The molecule has 0 aliphatic rings. The van der Waals surface area contributed by atoms with Gasteiger partial charge in [0.05, 0.1) is 25.4 Å². The van der Waals surface area contributed by atoms with Crippen molar-refractivity contribution in [1.29, 1.82) is 0 Å². The van der Waals surface area contributed by atoms with E-state index in [0.717, 1.165) is 5.75 Å². The average Bonchev–Trinajstić information content (AvgIpc) is 2.51. The number of hydrogen-bond acceptors (Lipinski definition) is 5. The van der Waals surface area contributed by atoms with Crippen LogP contribution in [0.25, 0.3) is 0 Å². The van der Waals surface area contributed by atoms with Crippen molar-refractivity contribution >= 4 is 5.97 Å². The number of rotatable bonds is 10. The first-order chi connectivity index (χ1) is 10.2. The zero-order chi connectivity index (χ0) is 15.5. The molecule has 0 saturated carbocycles. The number of carbonyl (C=O) groups is 1. The van der Waals surface area contributed by atoms with E-state index in [2.05, 4.69) is 0 Å². The predicted octanol–water partition coefficient (Wildman–Crippen LogP) is 2.68.